The third-order valence-electron chi connectivity index (χ3n) is 1.76. The highest BCUT2D eigenvalue weighted by molar-refractivity contribution is 6.02. The standard InChI is InChI=1S/C9H7N3O3/c10-11-6-5-9(13)7-1-3-8(4-2-7)12(14)15/h1-4,6H,5H2. The van der Waals surface area contributed by atoms with E-state index in [1.54, 1.807) is 0 Å². The molecule has 76 valence electrons. The van der Waals surface area contributed by atoms with Crippen molar-refractivity contribution in [2.45, 2.75) is 6.42 Å². The van der Waals surface area contributed by atoms with Crippen molar-refractivity contribution < 1.29 is 14.5 Å². The van der Waals surface area contributed by atoms with Crippen LogP contribution in [0.1, 0.15) is 16.8 Å². The maximum atomic E-state index is 11.3. The fourth-order valence-electron chi connectivity index (χ4n) is 1.01. The van der Waals surface area contributed by atoms with Gasteiger partial charge in [-0.2, -0.15) is 4.79 Å². The smallest absolute Gasteiger partial charge is 0.269 e. The number of hydrogen-bond acceptors (Lipinski definition) is 3. The fraction of sp³-hybridized carbons (Fsp3) is 0.111. The van der Waals surface area contributed by atoms with Gasteiger partial charge in [-0.1, -0.05) is 0 Å². The zero-order valence-electron chi connectivity index (χ0n) is 7.66. The summed E-state index contributed by atoms with van der Waals surface area (Å²) in [5, 5.41) is 10.3. The molecule has 0 saturated heterocycles. The van der Waals surface area contributed by atoms with Crippen LogP contribution in [0.3, 0.4) is 0 Å². The van der Waals surface area contributed by atoms with Crippen LogP contribution in [0.15, 0.2) is 24.3 Å². The molecule has 0 unspecified atom stereocenters. The van der Waals surface area contributed by atoms with E-state index in [-0.39, 0.29) is 17.9 Å². The van der Waals surface area contributed by atoms with E-state index in [4.69, 9.17) is 5.53 Å². The number of nitro benzene ring substituents is 1. The molecule has 0 radical (unpaired) electrons. The second-order valence-electron chi connectivity index (χ2n) is 2.73. The summed E-state index contributed by atoms with van der Waals surface area (Å²) in [4.78, 5) is 23.8. The highest BCUT2D eigenvalue weighted by atomic mass is 16.6. The molecule has 15 heavy (non-hydrogen) atoms. The summed E-state index contributed by atoms with van der Waals surface area (Å²) in [6, 6.07) is 5.24. The van der Waals surface area contributed by atoms with Crippen LogP contribution in [0.5, 0.6) is 0 Å². The van der Waals surface area contributed by atoms with Gasteiger partial charge in [0.05, 0.1) is 4.92 Å². The van der Waals surface area contributed by atoms with Crippen molar-refractivity contribution in [1.29, 1.82) is 0 Å². The lowest BCUT2D eigenvalue weighted by molar-refractivity contribution is -0.384. The fourth-order valence-corrected chi connectivity index (χ4v) is 1.01. The van der Waals surface area contributed by atoms with Gasteiger partial charge in [-0.3, -0.25) is 14.9 Å². The van der Waals surface area contributed by atoms with E-state index in [0.717, 1.165) is 6.21 Å². The second kappa shape index (κ2) is 4.78. The van der Waals surface area contributed by atoms with Crippen LogP contribution in [-0.2, 0) is 0 Å². The Morgan fingerprint density at radius 1 is 1.47 bits per heavy atom. The summed E-state index contributed by atoms with van der Waals surface area (Å²) < 4.78 is 0. The van der Waals surface area contributed by atoms with Crippen molar-refractivity contribution in [2.75, 3.05) is 0 Å². The first-order valence-electron chi connectivity index (χ1n) is 4.08. The monoisotopic (exact) mass is 205 g/mol. The van der Waals surface area contributed by atoms with Crippen LogP contribution in [0.25, 0.3) is 5.53 Å². The first-order valence-corrected chi connectivity index (χ1v) is 4.08. The summed E-state index contributed by atoms with van der Waals surface area (Å²) in [5.74, 6) is -0.261. The highest BCUT2D eigenvalue weighted by Gasteiger charge is 2.09. The first-order chi connectivity index (χ1) is 7.15. The predicted octanol–water partition coefficient (Wildman–Crippen LogP) is 1.47. The molecule has 0 fully saturated rings. The Hall–Kier alpha value is -2.33. The largest absolute Gasteiger partial charge is 0.362 e. The Morgan fingerprint density at radius 2 is 2.07 bits per heavy atom. The lowest BCUT2D eigenvalue weighted by Crippen LogP contribution is -2.00. The van der Waals surface area contributed by atoms with Crippen molar-refractivity contribution in [3.8, 4) is 0 Å². The first kappa shape index (κ1) is 10.7. The molecule has 0 bridgehead atoms. The number of Topliss-reactive ketones (excluding diaryl/α,β-unsaturated/α-hetero) is 1. The molecule has 1 aromatic rings. The molecular formula is C9H7N3O3. The van der Waals surface area contributed by atoms with Crippen molar-refractivity contribution in [2.24, 2.45) is 0 Å². The second-order valence-corrected chi connectivity index (χ2v) is 2.73. The van der Waals surface area contributed by atoms with Crippen molar-refractivity contribution in [3.63, 3.8) is 0 Å². The SMILES string of the molecule is [N-]=[N+]=CCC(=O)c1ccc([N+](=O)[O-])cc1. The number of benzene rings is 1. The number of carbonyl (C=O) groups is 1. The maximum Gasteiger partial charge on any atom is 0.269 e. The predicted molar refractivity (Wildman–Crippen MR) is 51.7 cm³/mol. The van der Waals surface area contributed by atoms with E-state index in [1.807, 2.05) is 0 Å². The van der Waals surface area contributed by atoms with Crippen LogP contribution in [0.2, 0.25) is 0 Å². The van der Waals surface area contributed by atoms with Crippen molar-refractivity contribution in [1.82, 2.24) is 0 Å². The number of ketones is 1. The van der Waals surface area contributed by atoms with Gasteiger partial charge in [0, 0.05) is 17.7 Å². The average Bonchev–Trinajstić information content (AvgIpc) is 2.26. The van der Waals surface area contributed by atoms with Crippen LogP contribution in [0, 0.1) is 10.1 Å². The molecule has 0 N–H and O–H groups in total. The maximum absolute atomic E-state index is 11.3. The number of rotatable bonds is 4. The van der Waals surface area contributed by atoms with E-state index in [1.165, 1.54) is 24.3 Å². The summed E-state index contributed by atoms with van der Waals surface area (Å²) in [6.45, 7) is 0. The van der Waals surface area contributed by atoms with E-state index in [9.17, 15) is 14.9 Å². The van der Waals surface area contributed by atoms with Gasteiger partial charge in [0.2, 0.25) is 0 Å². The van der Waals surface area contributed by atoms with Gasteiger partial charge in [0.25, 0.3) is 11.9 Å². The van der Waals surface area contributed by atoms with Crippen LogP contribution in [0.4, 0.5) is 5.69 Å². The Morgan fingerprint density at radius 3 is 2.53 bits per heavy atom. The van der Waals surface area contributed by atoms with Crippen LogP contribution < -0.4 is 0 Å². The molecule has 6 nitrogen and oxygen atoms in total. The Balaban J connectivity index is 2.84. The molecule has 0 aromatic heterocycles. The van der Waals surface area contributed by atoms with Gasteiger partial charge in [-0.05, 0) is 12.1 Å². The minimum atomic E-state index is -0.538. The number of nitro groups is 1. The topological polar surface area (TPSA) is 96.6 Å². The molecule has 0 atom stereocenters. The van der Waals surface area contributed by atoms with E-state index in [0.29, 0.717) is 5.56 Å². The molecule has 0 aliphatic carbocycles. The van der Waals surface area contributed by atoms with E-state index >= 15 is 0 Å². The van der Waals surface area contributed by atoms with Crippen LogP contribution >= 0.6 is 0 Å². The molecule has 0 spiro atoms. The normalized spacial score (nSPS) is 9.07. The summed E-state index contributed by atoms with van der Waals surface area (Å²) >= 11 is 0. The number of nitrogens with zero attached hydrogens (tertiary/aromatic N) is 3. The third-order valence-corrected chi connectivity index (χ3v) is 1.76. The number of non-ortho nitro benzene ring substituents is 1. The third kappa shape index (κ3) is 2.82. The Bertz CT molecular complexity index is 432. The van der Waals surface area contributed by atoms with Gasteiger partial charge in [0.1, 0.15) is 6.42 Å². The molecule has 0 aliphatic heterocycles. The quantitative estimate of drug-likeness (QED) is 0.186. The minimum Gasteiger partial charge on any atom is -0.362 e. The molecular weight excluding hydrogens is 198 g/mol. The lowest BCUT2D eigenvalue weighted by atomic mass is 10.1. The highest BCUT2D eigenvalue weighted by Crippen LogP contribution is 2.12. The minimum absolute atomic E-state index is 0.0334. The molecule has 0 aliphatic rings. The molecule has 0 saturated carbocycles. The van der Waals surface area contributed by atoms with Gasteiger partial charge in [-0.25, -0.2) is 0 Å². The van der Waals surface area contributed by atoms with Crippen molar-refractivity contribution >= 4 is 17.7 Å². The van der Waals surface area contributed by atoms with Gasteiger partial charge < -0.3 is 5.53 Å². The average molecular weight is 205 g/mol. The number of carbonyl (C=O) groups excluding carboxylic acids is 1. The molecule has 0 amide bonds. The van der Waals surface area contributed by atoms with E-state index in [2.05, 4.69) is 4.79 Å². The van der Waals surface area contributed by atoms with Crippen molar-refractivity contribution in [3.05, 3.63) is 45.5 Å². The zero-order chi connectivity index (χ0) is 11.3. The number of hydrogen-bond donors (Lipinski definition) is 0. The van der Waals surface area contributed by atoms with Gasteiger partial charge in [-0.15, -0.1) is 0 Å². The molecule has 6 heteroatoms. The Kier molecular flexibility index (Phi) is 3.43. The molecule has 1 aromatic carbocycles. The van der Waals surface area contributed by atoms with Gasteiger partial charge in [0.15, 0.2) is 5.78 Å². The zero-order valence-corrected chi connectivity index (χ0v) is 7.66. The van der Waals surface area contributed by atoms with Gasteiger partial charge >= 0.3 is 0 Å². The Labute approximate surface area is 84.9 Å². The summed E-state index contributed by atoms with van der Waals surface area (Å²) in [5.41, 5.74) is 8.39. The molecule has 1 rings (SSSR count). The van der Waals surface area contributed by atoms with E-state index < -0.39 is 4.92 Å². The lowest BCUT2D eigenvalue weighted by Gasteiger charge is -1.95. The van der Waals surface area contributed by atoms with Crippen LogP contribution in [-0.4, -0.2) is 21.7 Å². The molecule has 0 heterocycles. The summed E-state index contributed by atoms with van der Waals surface area (Å²) in [6.07, 6.45) is 1.03. The summed E-state index contributed by atoms with van der Waals surface area (Å²) in [7, 11) is 0.